The molecule has 70 valence electrons. The van der Waals surface area contributed by atoms with Gasteiger partial charge in [-0.3, -0.25) is 5.41 Å². The minimum atomic E-state index is -0.849. The van der Waals surface area contributed by atoms with Crippen molar-refractivity contribution in [3.8, 4) is 0 Å². The lowest BCUT2D eigenvalue weighted by atomic mass is 10.1. The summed E-state index contributed by atoms with van der Waals surface area (Å²) in [6.45, 7) is 7.66. The fourth-order valence-corrected chi connectivity index (χ4v) is 0.740. The third-order valence-electron chi connectivity index (χ3n) is 1.45. The standard InChI is InChI=1S/C9H17FN2/c1-6(2)8(9(10)11)5-12-7(3)4/h5-7,11-12H,1-4H3/b8-5-,11-9?. The minimum Gasteiger partial charge on any atom is -0.388 e. The average molecular weight is 172 g/mol. The zero-order valence-electron chi connectivity index (χ0n) is 8.11. The van der Waals surface area contributed by atoms with Crippen LogP contribution in [0.1, 0.15) is 27.7 Å². The van der Waals surface area contributed by atoms with E-state index in [1.165, 1.54) is 0 Å². The van der Waals surface area contributed by atoms with Crippen molar-refractivity contribution < 1.29 is 4.39 Å². The third kappa shape index (κ3) is 4.11. The van der Waals surface area contributed by atoms with E-state index in [9.17, 15) is 4.39 Å². The number of halogens is 1. The van der Waals surface area contributed by atoms with Gasteiger partial charge < -0.3 is 5.32 Å². The van der Waals surface area contributed by atoms with Gasteiger partial charge in [-0.2, -0.15) is 4.39 Å². The van der Waals surface area contributed by atoms with Crippen molar-refractivity contribution in [2.75, 3.05) is 0 Å². The van der Waals surface area contributed by atoms with Crippen molar-refractivity contribution >= 4 is 5.97 Å². The molecule has 0 unspecified atom stereocenters. The highest BCUT2D eigenvalue weighted by atomic mass is 19.1. The number of allylic oxidation sites excluding steroid dienone is 1. The monoisotopic (exact) mass is 172 g/mol. The maximum atomic E-state index is 12.5. The SMILES string of the molecule is CC(C)N/C=C(\C(=N)F)C(C)C. The first-order valence-electron chi connectivity index (χ1n) is 4.15. The molecule has 2 N–H and O–H groups in total. The molecule has 0 rings (SSSR count). The Morgan fingerprint density at radius 1 is 1.33 bits per heavy atom. The Bertz CT molecular complexity index is 183. The normalized spacial score (nSPS) is 12.4. The smallest absolute Gasteiger partial charge is 0.210 e. The average Bonchev–Trinajstić information content (AvgIpc) is 1.84. The summed E-state index contributed by atoms with van der Waals surface area (Å²) in [5.41, 5.74) is 0.420. The lowest BCUT2D eigenvalue weighted by molar-refractivity contribution is 0.673. The van der Waals surface area contributed by atoms with Gasteiger partial charge in [0.15, 0.2) is 0 Å². The highest BCUT2D eigenvalue weighted by Crippen LogP contribution is 2.10. The Kier molecular flexibility index (Phi) is 4.55. The van der Waals surface area contributed by atoms with Gasteiger partial charge in [0.1, 0.15) is 0 Å². The van der Waals surface area contributed by atoms with Crippen LogP contribution in [0.15, 0.2) is 11.8 Å². The van der Waals surface area contributed by atoms with Gasteiger partial charge >= 0.3 is 0 Å². The first-order chi connectivity index (χ1) is 5.45. The molecule has 0 heterocycles. The summed E-state index contributed by atoms with van der Waals surface area (Å²) < 4.78 is 12.5. The molecule has 0 bridgehead atoms. The molecule has 0 saturated carbocycles. The van der Waals surface area contributed by atoms with E-state index in [1.54, 1.807) is 6.20 Å². The molecule has 3 heteroatoms. The van der Waals surface area contributed by atoms with E-state index >= 15 is 0 Å². The van der Waals surface area contributed by atoms with Gasteiger partial charge in [0.05, 0.1) is 0 Å². The molecule has 0 aromatic rings. The summed E-state index contributed by atoms with van der Waals surface area (Å²) in [6, 6.07) is 0.276. The summed E-state index contributed by atoms with van der Waals surface area (Å²) in [4.78, 5) is 0. The second-order valence-electron chi connectivity index (χ2n) is 3.39. The maximum absolute atomic E-state index is 12.5. The number of nitrogens with one attached hydrogen (secondary N) is 2. The lowest BCUT2D eigenvalue weighted by Crippen LogP contribution is -2.18. The molecule has 0 aromatic heterocycles. The van der Waals surface area contributed by atoms with Crippen LogP contribution in [0.5, 0.6) is 0 Å². The van der Waals surface area contributed by atoms with E-state index in [-0.39, 0.29) is 12.0 Å². The first-order valence-corrected chi connectivity index (χ1v) is 4.15. The Balaban J connectivity index is 4.30. The van der Waals surface area contributed by atoms with E-state index < -0.39 is 5.97 Å². The van der Waals surface area contributed by atoms with Gasteiger partial charge in [0.2, 0.25) is 5.97 Å². The molecule has 0 fully saturated rings. The van der Waals surface area contributed by atoms with Crippen molar-refractivity contribution in [2.24, 2.45) is 5.92 Å². The van der Waals surface area contributed by atoms with Crippen molar-refractivity contribution in [3.63, 3.8) is 0 Å². The van der Waals surface area contributed by atoms with Crippen LogP contribution in [0.3, 0.4) is 0 Å². The summed E-state index contributed by atoms with van der Waals surface area (Å²) in [5.74, 6) is -0.799. The molecule has 0 amide bonds. The zero-order chi connectivity index (χ0) is 9.72. The molecule has 2 nitrogen and oxygen atoms in total. The molecule has 0 spiro atoms. The molecule has 0 aliphatic heterocycles. The van der Waals surface area contributed by atoms with E-state index in [1.807, 2.05) is 27.7 Å². The molecule has 12 heavy (non-hydrogen) atoms. The Hall–Kier alpha value is -0.860. The second kappa shape index (κ2) is 4.91. The van der Waals surface area contributed by atoms with Crippen molar-refractivity contribution in [3.05, 3.63) is 11.8 Å². The van der Waals surface area contributed by atoms with Crippen molar-refractivity contribution in [1.29, 1.82) is 5.41 Å². The van der Waals surface area contributed by atoms with E-state index in [0.29, 0.717) is 5.57 Å². The van der Waals surface area contributed by atoms with Gasteiger partial charge in [-0.05, 0) is 19.8 Å². The predicted octanol–water partition coefficient (Wildman–Crippen LogP) is 2.47. The first kappa shape index (κ1) is 11.1. The molecule has 0 aliphatic carbocycles. The van der Waals surface area contributed by atoms with Crippen LogP contribution in [0.4, 0.5) is 4.39 Å². The van der Waals surface area contributed by atoms with Crippen LogP contribution in [-0.2, 0) is 0 Å². The summed E-state index contributed by atoms with van der Waals surface area (Å²) >= 11 is 0. The van der Waals surface area contributed by atoms with Gasteiger partial charge in [0, 0.05) is 17.8 Å². The van der Waals surface area contributed by atoms with Gasteiger partial charge in [-0.25, -0.2) is 0 Å². The Morgan fingerprint density at radius 2 is 1.83 bits per heavy atom. The molecule has 0 aliphatic rings. The predicted molar refractivity (Wildman–Crippen MR) is 50.0 cm³/mol. The minimum absolute atomic E-state index is 0.0498. The maximum Gasteiger partial charge on any atom is 0.210 e. The summed E-state index contributed by atoms with van der Waals surface area (Å²) in [7, 11) is 0. The van der Waals surface area contributed by atoms with Gasteiger partial charge in [0.25, 0.3) is 0 Å². The molecule has 0 aromatic carbocycles. The topological polar surface area (TPSA) is 35.9 Å². The summed E-state index contributed by atoms with van der Waals surface area (Å²) in [5, 5.41) is 9.82. The second-order valence-corrected chi connectivity index (χ2v) is 3.39. The van der Waals surface area contributed by atoms with Crippen molar-refractivity contribution in [2.45, 2.75) is 33.7 Å². The van der Waals surface area contributed by atoms with Gasteiger partial charge in [-0.15, -0.1) is 0 Å². The van der Waals surface area contributed by atoms with E-state index in [4.69, 9.17) is 5.41 Å². The van der Waals surface area contributed by atoms with Crippen molar-refractivity contribution in [1.82, 2.24) is 5.32 Å². The highest BCUT2D eigenvalue weighted by molar-refractivity contribution is 5.90. The van der Waals surface area contributed by atoms with Crippen LogP contribution in [0.2, 0.25) is 0 Å². The Morgan fingerprint density at radius 3 is 2.08 bits per heavy atom. The molecule has 0 atom stereocenters. The third-order valence-corrected chi connectivity index (χ3v) is 1.45. The zero-order valence-corrected chi connectivity index (χ0v) is 8.11. The number of hydrogen-bond donors (Lipinski definition) is 2. The quantitative estimate of drug-likeness (QED) is 0.628. The van der Waals surface area contributed by atoms with Gasteiger partial charge in [-0.1, -0.05) is 13.8 Å². The fourth-order valence-electron chi connectivity index (χ4n) is 0.740. The van der Waals surface area contributed by atoms with E-state index in [0.717, 1.165) is 0 Å². The fraction of sp³-hybridized carbons (Fsp3) is 0.667. The summed E-state index contributed by atoms with van der Waals surface area (Å²) in [6.07, 6.45) is 1.58. The Labute approximate surface area is 73.4 Å². The molecule has 0 radical (unpaired) electrons. The molecular weight excluding hydrogens is 155 g/mol. The van der Waals surface area contributed by atoms with Crippen LogP contribution in [-0.4, -0.2) is 12.0 Å². The molecule has 0 saturated heterocycles. The largest absolute Gasteiger partial charge is 0.388 e. The molecular formula is C9H17FN2. The van der Waals surface area contributed by atoms with Crippen LogP contribution >= 0.6 is 0 Å². The number of hydrogen-bond acceptors (Lipinski definition) is 2. The number of rotatable bonds is 4. The van der Waals surface area contributed by atoms with Crippen LogP contribution in [0.25, 0.3) is 0 Å². The van der Waals surface area contributed by atoms with Crippen LogP contribution in [0, 0.1) is 11.3 Å². The lowest BCUT2D eigenvalue weighted by Gasteiger charge is -2.10. The van der Waals surface area contributed by atoms with Crippen LogP contribution < -0.4 is 5.32 Å². The van der Waals surface area contributed by atoms with E-state index in [2.05, 4.69) is 5.32 Å². The highest BCUT2D eigenvalue weighted by Gasteiger charge is 2.08.